The topological polar surface area (TPSA) is 38.1 Å². The first-order valence-electron chi connectivity index (χ1n) is 11.3. The molecule has 2 aliphatic heterocycles. The van der Waals surface area contributed by atoms with Crippen LogP contribution in [0.1, 0.15) is 22.9 Å². The molecule has 0 aliphatic carbocycles. The summed E-state index contributed by atoms with van der Waals surface area (Å²) in [6.45, 7) is 0. The summed E-state index contributed by atoms with van der Waals surface area (Å²) in [6.07, 6.45) is 1.67. The highest BCUT2D eigenvalue weighted by atomic mass is 35.5. The molecule has 4 aromatic carbocycles. The number of aromatic nitrogens is 2. The van der Waals surface area contributed by atoms with E-state index in [4.69, 9.17) is 28.2 Å². The van der Waals surface area contributed by atoms with Crippen LogP contribution >= 0.6 is 23.2 Å². The van der Waals surface area contributed by atoms with Crippen LogP contribution in [0.15, 0.2) is 95.8 Å². The van der Waals surface area contributed by atoms with Gasteiger partial charge in [0.15, 0.2) is 0 Å². The van der Waals surface area contributed by atoms with Gasteiger partial charge in [-0.3, -0.25) is 9.36 Å². The maximum atomic E-state index is 14.1. The summed E-state index contributed by atoms with van der Waals surface area (Å²) in [5.74, 6) is 0.613. The van der Waals surface area contributed by atoms with Crippen molar-refractivity contribution in [3.05, 3.63) is 128 Å². The zero-order valence-corrected chi connectivity index (χ0v) is 19.8. The Morgan fingerprint density at radius 3 is 2.40 bits per heavy atom. The molecule has 0 radical (unpaired) electrons. The Balaban J connectivity index is 1.65. The number of fused-ring (bicyclic) bond motifs is 9. The van der Waals surface area contributed by atoms with Crippen LogP contribution in [-0.2, 0) is 0 Å². The van der Waals surface area contributed by atoms with E-state index in [0.29, 0.717) is 26.8 Å². The van der Waals surface area contributed by atoms with Crippen LogP contribution in [0, 0.1) is 0 Å². The number of hydrogen-bond acceptors (Lipinski definition) is 3. The maximum Gasteiger partial charge on any atom is 0.263 e. The average Bonchev–Trinajstić information content (AvgIpc) is 2.88. The standard InChI is InChI=1S/C29H17Cl2N3O/c30-19-11-10-18-14-25(17-6-2-1-3-7-17)33-26-16-20(31)12-13-22(26)27-32-24-9-5-4-8-21(24)29(35)34(27)28(33)23(18)15-19/h1-16,28H/t28-/m1/s1. The monoisotopic (exact) mass is 493 g/mol. The molecule has 35 heavy (non-hydrogen) atoms. The first-order valence-corrected chi connectivity index (χ1v) is 12.0. The third-order valence-electron chi connectivity index (χ3n) is 6.71. The van der Waals surface area contributed by atoms with Crippen molar-refractivity contribution in [2.75, 3.05) is 4.90 Å². The highest BCUT2D eigenvalue weighted by molar-refractivity contribution is 6.31. The van der Waals surface area contributed by atoms with Gasteiger partial charge in [-0.2, -0.15) is 0 Å². The highest BCUT2D eigenvalue weighted by Gasteiger charge is 2.39. The van der Waals surface area contributed by atoms with Crippen LogP contribution in [0.4, 0.5) is 5.69 Å². The van der Waals surface area contributed by atoms with Crippen molar-refractivity contribution in [1.82, 2.24) is 9.55 Å². The minimum absolute atomic E-state index is 0.0959. The number of anilines is 1. The van der Waals surface area contributed by atoms with Crippen LogP contribution in [0.25, 0.3) is 34.1 Å². The SMILES string of the molecule is O=c1c2ccccc2nc2n1[C@@H]1c3cc(Cl)ccc3C=C(c3ccccc3)N1c1cc(Cl)ccc1-2. The first kappa shape index (κ1) is 20.5. The van der Waals surface area contributed by atoms with E-state index in [9.17, 15) is 4.79 Å². The van der Waals surface area contributed by atoms with Gasteiger partial charge in [0.05, 0.1) is 22.3 Å². The van der Waals surface area contributed by atoms with E-state index in [1.165, 1.54) is 0 Å². The molecule has 3 heterocycles. The Kier molecular flexibility index (Phi) is 4.44. The molecule has 5 aromatic rings. The van der Waals surface area contributed by atoms with E-state index >= 15 is 0 Å². The number of benzene rings is 4. The van der Waals surface area contributed by atoms with E-state index in [2.05, 4.69) is 23.1 Å². The van der Waals surface area contributed by atoms with E-state index in [-0.39, 0.29) is 5.56 Å². The molecule has 0 spiro atoms. The number of rotatable bonds is 1. The third kappa shape index (κ3) is 3.00. The van der Waals surface area contributed by atoms with Crippen LogP contribution in [0.5, 0.6) is 0 Å². The molecular weight excluding hydrogens is 477 g/mol. The number of halogens is 2. The number of hydrogen-bond donors (Lipinski definition) is 0. The van der Waals surface area contributed by atoms with E-state index in [1.807, 2.05) is 78.9 Å². The van der Waals surface area contributed by atoms with Gasteiger partial charge in [0.25, 0.3) is 5.56 Å². The van der Waals surface area contributed by atoms with Gasteiger partial charge in [0.1, 0.15) is 12.0 Å². The van der Waals surface area contributed by atoms with Gasteiger partial charge in [-0.15, -0.1) is 0 Å². The van der Waals surface area contributed by atoms with Gasteiger partial charge in [0.2, 0.25) is 0 Å². The van der Waals surface area contributed by atoms with Gasteiger partial charge in [-0.1, -0.05) is 71.7 Å². The summed E-state index contributed by atoms with van der Waals surface area (Å²) in [7, 11) is 0. The normalized spacial score (nSPS) is 15.7. The molecule has 7 rings (SSSR count). The van der Waals surface area contributed by atoms with Crippen molar-refractivity contribution in [3.63, 3.8) is 0 Å². The van der Waals surface area contributed by atoms with Gasteiger partial charge in [-0.05, 0) is 59.7 Å². The third-order valence-corrected chi connectivity index (χ3v) is 7.18. The minimum Gasteiger partial charge on any atom is -0.314 e. The summed E-state index contributed by atoms with van der Waals surface area (Å²) in [5, 5.41) is 1.80. The molecule has 0 amide bonds. The summed E-state index contributed by atoms with van der Waals surface area (Å²) in [5.41, 5.74) is 6.26. The predicted octanol–water partition coefficient (Wildman–Crippen LogP) is 7.25. The van der Waals surface area contributed by atoms with Gasteiger partial charge in [-0.25, -0.2) is 4.98 Å². The first-order chi connectivity index (χ1) is 17.1. The lowest BCUT2D eigenvalue weighted by Crippen LogP contribution is -2.44. The highest BCUT2D eigenvalue weighted by Crippen LogP contribution is 2.50. The van der Waals surface area contributed by atoms with Crippen molar-refractivity contribution in [2.45, 2.75) is 6.17 Å². The summed E-state index contributed by atoms with van der Waals surface area (Å²) in [6, 6.07) is 29.2. The molecule has 0 saturated carbocycles. The fourth-order valence-corrected chi connectivity index (χ4v) is 5.54. The molecule has 0 unspecified atom stereocenters. The molecule has 2 aliphatic rings. The van der Waals surface area contributed by atoms with E-state index in [1.54, 1.807) is 4.57 Å². The van der Waals surface area contributed by atoms with Crippen LogP contribution in [0.3, 0.4) is 0 Å². The average molecular weight is 494 g/mol. The fraction of sp³-hybridized carbons (Fsp3) is 0.0345. The fourth-order valence-electron chi connectivity index (χ4n) is 5.19. The Hall–Kier alpha value is -3.86. The smallest absolute Gasteiger partial charge is 0.263 e. The molecule has 1 aromatic heterocycles. The van der Waals surface area contributed by atoms with Crippen molar-refractivity contribution in [2.24, 2.45) is 0 Å². The Labute approximate surface area is 211 Å². The van der Waals surface area contributed by atoms with Crippen molar-refractivity contribution in [1.29, 1.82) is 0 Å². The summed E-state index contributed by atoms with van der Waals surface area (Å²) < 4.78 is 1.80. The lowest BCUT2D eigenvalue weighted by molar-refractivity contribution is 0.562. The molecular formula is C29H17Cl2N3O. The molecule has 1 atom stereocenters. The lowest BCUT2D eigenvalue weighted by atomic mass is 9.91. The molecule has 0 saturated heterocycles. The van der Waals surface area contributed by atoms with Gasteiger partial charge in [0, 0.05) is 21.2 Å². The Bertz CT molecular complexity index is 1760. The second-order valence-electron chi connectivity index (χ2n) is 8.70. The molecule has 0 N–H and O–H groups in total. The quantitative estimate of drug-likeness (QED) is 0.246. The largest absolute Gasteiger partial charge is 0.314 e. The Morgan fingerprint density at radius 1 is 0.800 bits per heavy atom. The molecule has 6 heteroatoms. The molecule has 0 fully saturated rings. The van der Waals surface area contributed by atoms with Crippen LogP contribution in [-0.4, -0.2) is 9.55 Å². The summed E-state index contributed by atoms with van der Waals surface area (Å²) in [4.78, 5) is 21.2. The zero-order valence-electron chi connectivity index (χ0n) is 18.3. The van der Waals surface area contributed by atoms with Crippen molar-refractivity contribution < 1.29 is 0 Å². The summed E-state index contributed by atoms with van der Waals surface area (Å²) >= 11 is 13.0. The van der Waals surface area contributed by atoms with Gasteiger partial charge < -0.3 is 4.90 Å². The van der Waals surface area contributed by atoms with Crippen LogP contribution < -0.4 is 10.5 Å². The van der Waals surface area contributed by atoms with Crippen molar-refractivity contribution >= 4 is 51.6 Å². The predicted molar refractivity (Wildman–Crippen MR) is 143 cm³/mol. The minimum atomic E-state index is -0.477. The Morgan fingerprint density at radius 2 is 1.54 bits per heavy atom. The van der Waals surface area contributed by atoms with E-state index < -0.39 is 6.17 Å². The zero-order chi connectivity index (χ0) is 23.7. The van der Waals surface area contributed by atoms with E-state index in [0.717, 1.165) is 33.6 Å². The number of para-hydroxylation sites is 1. The second-order valence-corrected chi connectivity index (χ2v) is 9.57. The maximum absolute atomic E-state index is 14.1. The molecule has 168 valence electrons. The lowest BCUT2D eigenvalue weighted by Gasteiger charge is -2.45. The van der Waals surface area contributed by atoms with Gasteiger partial charge >= 0.3 is 0 Å². The van der Waals surface area contributed by atoms with Crippen LogP contribution in [0.2, 0.25) is 10.0 Å². The molecule has 0 bridgehead atoms. The number of nitrogens with zero attached hydrogens (tertiary/aromatic N) is 3. The molecule has 4 nitrogen and oxygen atoms in total. The van der Waals surface area contributed by atoms with Crippen molar-refractivity contribution in [3.8, 4) is 11.4 Å². The second kappa shape index (κ2) is 7.57.